The van der Waals surface area contributed by atoms with Crippen LogP contribution in [0.25, 0.3) is 0 Å². The summed E-state index contributed by atoms with van der Waals surface area (Å²) in [6.45, 7) is 7.19. The van der Waals surface area contributed by atoms with Gasteiger partial charge < -0.3 is 9.84 Å². The second-order valence-electron chi connectivity index (χ2n) is 5.10. The average molecular weight is 241 g/mol. The van der Waals surface area contributed by atoms with Gasteiger partial charge in [-0.3, -0.25) is 4.79 Å². The van der Waals surface area contributed by atoms with Crippen LogP contribution in [0.2, 0.25) is 0 Å². The van der Waals surface area contributed by atoms with Gasteiger partial charge in [0.1, 0.15) is 5.60 Å². The molecule has 5 heteroatoms. The molecule has 0 atom stereocenters. The van der Waals surface area contributed by atoms with E-state index in [0.29, 0.717) is 5.57 Å². The van der Waals surface area contributed by atoms with Crippen LogP contribution in [0.5, 0.6) is 0 Å². The van der Waals surface area contributed by atoms with Crippen molar-refractivity contribution in [2.45, 2.75) is 39.7 Å². The van der Waals surface area contributed by atoms with Crippen LogP contribution in [0, 0.1) is 0 Å². The molecule has 1 N–H and O–H groups in total. The van der Waals surface area contributed by atoms with Crippen molar-refractivity contribution in [3.63, 3.8) is 0 Å². The van der Waals surface area contributed by atoms with E-state index in [2.05, 4.69) is 0 Å². The molecule has 0 bridgehead atoms. The molecule has 0 aromatic rings. The lowest BCUT2D eigenvalue weighted by atomic mass is 10.1. The maximum Gasteiger partial charge on any atom is 0.417 e. The number of ether oxygens (including phenoxy) is 1. The van der Waals surface area contributed by atoms with E-state index in [1.54, 1.807) is 27.7 Å². The van der Waals surface area contributed by atoms with Gasteiger partial charge in [0.15, 0.2) is 0 Å². The summed E-state index contributed by atoms with van der Waals surface area (Å²) in [7, 11) is 0. The molecule has 0 aliphatic carbocycles. The van der Waals surface area contributed by atoms with Gasteiger partial charge in [0.2, 0.25) is 0 Å². The smallest absolute Gasteiger partial charge is 0.417 e. The van der Waals surface area contributed by atoms with E-state index >= 15 is 0 Å². The highest BCUT2D eigenvalue weighted by molar-refractivity contribution is 6.05. The molecule has 1 rings (SSSR count). The quantitative estimate of drug-likeness (QED) is 0.794. The van der Waals surface area contributed by atoms with Gasteiger partial charge >= 0.3 is 6.09 Å². The molecule has 0 aromatic heterocycles. The second kappa shape index (κ2) is 4.87. The molecule has 96 valence electrons. The predicted molar refractivity (Wildman–Crippen MR) is 62.3 cm³/mol. The summed E-state index contributed by atoms with van der Waals surface area (Å²) >= 11 is 0. The van der Waals surface area contributed by atoms with Crippen molar-refractivity contribution in [2.75, 3.05) is 13.2 Å². The Morgan fingerprint density at radius 2 is 2.06 bits per heavy atom. The first-order chi connectivity index (χ1) is 7.76. The summed E-state index contributed by atoms with van der Waals surface area (Å²) in [6.07, 6.45) is -0.348. The molecule has 0 spiro atoms. The normalized spacial score (nSPS) is 16.8. The number of aliphatic hydroxyl groups excluding tert-OH is 1. The zero-order valence-electron chi connectivity index (χ0n) is 10.7. The van der Waals surface area contributed by atoms with Crippen molar-refractivity contribution in [2.24, 2.45) is 0 Å². The number of imide groups is 1. The van der Waals surface area contributed by atoms with Gasteiger partial charge in [0.25, 0.3) is 5.91 Å². The lowest BCUT2D eigenvalue weighted by Gasteiger charge is -2.23. The van der Waals surface area contributed by atoms with Crippen LogP contribution in [0.15, 0.2) is 11.1 Å². The minimum absolute atomic E-state index is 0.0967. The maximum atomic E-state index is 11.9. The van der Waals surface area contributed by atoms with Crippen molar-refractivity contribution < 1.29 is 19.4 Å². The third-order valence-corrected chi connectivity index (χ3v) is 2.39. The fourth-order valence-electron chi connectivity index (χ4n) is 1.65. The second-order valence-corrected chi connectivity index (χ2v) is 5.10. The highest BCUT2D eigenvalue weighted by Gasteiger charge is 2.34. The molecule has 0 saturated heterocycles. The predicted octanol–water partition coefficient (Wildman–Crippen LogP) is 1.46. The minimum atomic E-state index is -0.630. The number of carbonyl (C=O) groups is 2. The van der Waals surface area contributed by atoms with Gasteiger partial charge in [-0.25, -0.2) is 9.69 Å². The van der Waals surface area contributed by atoms with Crippen LogP contribution in [0.4, 0.5) is 4.79 Å². The zero-order chi connectivity index (χ0) is 13.2. The monoisotopic (exact) mass is 241 g/mol. The van der Waals surface area contributed by atoms with E-state index in [-0.39, 0.29) is 25.5 Å². The Balaban J connectivity index is 2.73. The highest BCUT2D eigenvalue weighted by Crippen LogP contribution is 2.23. The first-order valence-electron chi connectivity index (χ1n) is 5.60. The van der Waals surface area contributed by atoms with Gasteiger partial charge in [-0.15, -0.1) is 0 Å². The fourth-order valence-corrected chi connectivity index (χ4v) is 1.65. The minimum Gasteiger partial charge on any atom is -0.443 e. The van der Waals surface area contributed by atoms with Crippen molar-refractivity contribution >= 4 is 12.0 Å². The Morgan fingerprint density at radius 3 is 2.53 bits per heavy atom. The SMILES string of the molecule is CC1=C(CCO)C(=O)N(C(=O)OC(C)(C)C)C1. The highest BCUT2D eigenvalue weighted by atomic mass is 16.6. The summed E-state index contributed by atoms with van der Waals surface area (Å²) in [5.74, 6) is -0.356. The first kappa shape index (κ1) is 13.7. The zero-order valence-corrected chi connectivity index (χ0v) is 10.7. The van der Waals surface area contributed by atoms with Crippen molar-refractivity contribution in [1.29, 1.82) is 0 Å². The summed E-state index contributed by atoms with van der Waals surface area (Å²) in [5.41, 5.74) is 0.707. The van der Waals surface area contributed by atoms with Crippen LogP contribution in [0.1, 0.15) is 34.1 Å². The molecule has 1 aliphatic heterocycles. The number of nitrogens with zero attached hydrogens (tertiary/aromatic N) is 1. The summed E-state index contributed by atoms with van der Waals surface area (Å²) in [5, 5.41) is 8.85. The number of carbonyl (C=O) groups excluding carboxylic acids is 2. The molecule has 0 fully saturated rings. The van der Waals surface area contributed by atoms with Gasteiger partial charge in [-0.1, -0.05) is 0 Å². The third-order valence-electron chi connectivity index (χ3n) is 2.39. The van der Waals surface area contributed by atoms with Crippen LogP contribution in [0.3, 0.4) is 0 Å². The van der Waals surface area contributed by atoms with Gasteiger partial charge in [0.05, 0.1) is 6.54 Å². The van der Waals surface area contributed by atoms with E-state index in [1.807, 2.05) is 0 Å². The van der Waals surface area contributed by atoms with Crippen LogP contribution in [-0.2, 0) is 9.53 Å². The third kappa shape index (κ3) is 3.30. The topological polar surface area (TPSA) is 66.8 Å². The Kier molecular flexibility index (Phi) is 3.93. The fraction of sp³-hybridized carbons (Fsp3) is 0.667. The molecule has 0 saturated carbocycles. The van der Waals surface area contributed by atoms with Crippen molar-refractivity contribution in [3.05, 3.63) is 11.1 Å². The number of hydrogen-bond acceptors (Lipinski definition) is 4. The van der Waals surface area contributed by atoms with Gasteiger partial charge in [-0.05, 0) is 33.3 Å². The molecule has 1 aliphatic rings. The maximum absolute atomic E-state index is 11.9. The molecule has 1 heterocycles. The number of amides is 2. The van der Waals surface area contributed by atoms with Crippen molar-refractivity contribution in [1.82, 2.24) is 4.90 Å². The Hall–Kier alpha value is -1.36. The van der Waals surface area contributed by atoms with Crippen LogP contribution >= 0.6 is 0 Å². The average Bonchev–Trinajstić information content (AvgIpc) is 2.43. The standard InChI is InChI=1S/C12H19NO4/c1-8-7-13(10(15)9(8)5-6-14)11(16)17-12(2,3)4/h14H,5-7H2,1-4H3. The lowest BCUT2D eigenvalue weighted by molar-refractivity contribution is -0.125. The van der Waals surface area contributed by atoms with E-state index in [1.165, 1.54) is 0 Å². The lowest BCUT2D eigenvalue weighted by Crippen LogP contribution is -2.38. The van der Waals surface area contributed by atoms with Crippen LogP contribution < -0.4 is 0 Å². The molecule has 0 aromatic carbocycles. The van der Waals surface area contributed by atoms with E-state index in [0.717, 1.165) is 10.5 Å². The molecular formula is C12H19NO4. The molecule has 17 heavy (non-hydrogen) atoms. The Bertz CT molecular complexity index is 365. The molecular weight excluding hydrogens is 222 g/mol. The van der Waals surface area contributed by atoms with Gasteiger partial charge in [0, 0.05) is 18.6 Å². The van der Waals surface area contributed by atoms with Crippen molar-refractivity contribution in [3.8, 4) is 0 Å². The number of rotatable bonds is 2. The number of hydrogen-bond donors (Lipinski definition) is 1. The molecule has 0 unspecified atom stereocenters. The Labute approximate surface area is 101 Å². The molecule has 5 nitrogen and oxygen atoms in total. The first-order valence-corrected chi connectivity index (χ1v) is 5.60. The van der Waals surface area contributed by atoms with E-state index in [4.69, 9.17) is 9.84 Å². The Morgan fingerprint density at radius 1 is 1.47 bits per heavy atom. The molecule has 2 amide bonds. The van der Waals surface area contributed by atoms with E-state index in [9.17, 15) is 9.59 Å². The van der Waals surface area contributed by atoms with E-state index < -0.39 is 11.7 Å². The summed E-state index contributed by atoms with van der Waals surface area (Å²) in [6, 6.07) is 0. The molecule has 0 radical (unpaired) electrons. The summed E-state index contributed by atoms with van der Waals surface area (Å²) < 4.78 is 5.14. The van der Waals surface area contributed by atoms with Crippen LogP contribution in [-0.4, -0.2) is 40.8 Å². The number of aliphatic hydroxyl groups is 1. The van der Waals surface area contributed by atoms with Gasteiger partial charge in [-0.2, -0.15) is 0 Å². The largest absolute Gasteiger partial charge is 0.443 e. The summed E-state index contributed by atoms with van der Waals surface area (Å²) in [4.78, 5) is 24.7.